The smallest absolute Gasteiger partial charge is 0.331 e. The Morgan fingerprint density at radius 2 is 1.54 bits per heavy atom. The second-order valence-corrected chi connectivity index (χ2v) is 12.1. The van der Waals surface area contributed by atoms with E-state index < -0.39 is 18.6 Å². The maximum absolute atomic E-state index is 14.0. The van der Waals surface area contributed by atoms with Gasteiger partial charge in [-0.05, 0) is 56.2 Å². The zero-order valence-corrected chi connectivity index (χ0v) is 23.8. The van der Waals surface area contributed by atoms with Crippen LogP contribution in [0.5, 0.6) is 0 Å². The summed E-state index contributed by atoms with van der Waals surface area (Å²) in [4.78, 5) is 34.3. The van der Waals surface area contributed by atoms with E-state index in [2.05, 4.69) is 15.2 Å². The van der Waals surface area contributed by atoms with Crippen LogP contribution >= 0.6 is 0 Å². The van der Waals surface area contributed by atoms with Crippen molar-refractivity contribution in [2.24, 2.45) is 0 Å². The van der Waals surface area contributed by atoms with Gasteiger partial charge in [-0.15, -0.1) is 0 Å². The molecule has 3 heterocycles. The van der Waals surface area contributed by atoms with Crippen molar-refractivity contribution in [3.8, 4) is 0 Å². The molecule has 41 heavy (non-hydrogen) atoms. The number of fused-ring (bicyclic) bond motifs is 3. The first-order chi connectivity index (χ1) is 20.1. The van der Waals surface area contributed by atoms with Crippen molar-refractivity contribution in [3.05, 3.63) is 70.5 Å². The van der Waals surface area contributed by atoms with E-state index in [1.165, 1.54) is 57.8 Å². The predicted octanol–water partition coefficient (Wildman–Crippen LogP) is 5.19. The van der Waals surface area contributed by atoms with E-state index in [4.69, 9.17) is 4.74 Å². The zero-order chi connectivity index (χ0) is 28.2. The molecule has 1 aromatic heterocycles. The van der Waals surface area contributed by atoms with Gasteiger partial charge in [0.05, 0.1) is 17.6 Å². The second-order valence-electron chi connectivity index (χ2n) is 12.1. The van der Waals surface area contributed by atoms with Gasteiger partial charge < -0.3 is 19.7 Å². The van der Waals surface area contributed by atoms with E-state index in [1.807, 2.05) is 59.2 Å². The topological polar surface area (TPSA) is 96.7 Å². The van der Waals surface area contributed by atoms with Crippen LogP contribution in [0, 0.1) is 0 Å². The van der Waals surface area contributed by atoms with Gasteiger partial charge in [-0.2, -0.15) is 0 Å². The third-order valence-electron chi connectivity index (χ3n) is 9.42. The number of anilines is 1. The Kier molecular flexibility index (Phi) is 8.67. The number of aliphatic hydroxyl groups excluding tert-OH is 1. The monoisotopic (exact) mass is 558 g/mol. The SMILES string of the molecule is O=C(OCc1ccccc1)[C@@H](CO)Nc1nc2ccccc2n(C2C[C@H]3CC[C@@H](C2)N3C2CCCCCCC2)c1=O. The predicted molar refractivity (Wildman–Crippen MR) is 160 cm³/mol. The molecule has 4 atom stereocenters. The van der Waals surface area contributed by atoms with Gasteiger partial charge in [-0.3, -0.25) is 9.69 Å². The van der Waals surface area contributed by atoms with E-state index in [1.54, 1.807) is 0 Å². The molecule has 2 aromatic carbocycles. The van der Waals surface area contributed by atoms with Crippen LogP contribution in [0.1, 0.15) is 82.2 Å². The van der Waals surface area contributed by atoms with Crippen LogP contribution < -0.4 is 10.9 Å². The van der Waals surface area contributed by atoms with Gasteiger partial charge in [0.1, 0.15) is 12.6 Å². The molecular weight excluding hydrogens is 516 g/mol. The molecule has 2 aliphatic heterocycles. The Balaban J connectivity index is 1.24. The number of hydrogen-bond acceptors (Lipinski definition) is 7. The lowest BCUT2D eigenvalue weighted by Crippen LogP contribution is -2.50. The summed E-state index contributed by atoms with van der Waals surface area (Å²) in [5.74, 6) is -0.544. The first-order valence-corrected chi connectivity index (χ1v) is 15.5. The summed E-state index contributed by atoms with van der Waals surface area (Å²) in [5, 5.41) is 13.0. The fraction of sp³-hybridized carbons (Fsp3) is 0.545. The average molecular weight is 559 g/mol. The van der Waals surface area contributed by atoms with E-state index in [9.17, 15) is 14.7 Å². The number of nitrogens with one attached hydrogen (secondary N) is 1. The first-order valence-electron chi connectivity index (χ1n) is 15.5. The van der Waals surface area contributed by atoms with Crippen molar-refractivity contribution in [2.45, 2.75) is 107 Å². The molecule has 2 saturated heterocycles. The molecule has 8 nitrogen and oxygen atoms in total. The summed E-state index contributed by atoms with van der Waals surface area (Å²) in [6.07, 6.45) is 13.6. The second kappa shape index (κ2) is 12.7. The molecule has 0 spiro atoms. The van der Waals surface area contributed by atoms with Crippen molar-refractivity contribution in [3.63, 3.8) is 0 Å². The molecule has 1 unspecified atom stereocenters. The minimum atomic E-state index is -1.09. The molecule has 3 aliphatic rings. The number of carbonyl (C=O) groups is 1. The molecule has 8 heteroatoms. The van der Waals surface area contributed by atoms with Crippen LogP contribution in [0.25, 0.3) is 11.0 Å². The summed E-state index contributed by atoms with van der Waals surface area (Å²) in [5.41, 5.74) is 2.11. The Morgan fingerprint density at radius 1 is 0.878 bits per heavy atom. The molecular formula is C33H42N4O4. The van der Waals surface area contributed by atoms with Gasteiger partial charge in [-0.25, -0.2) is 9.78 Å². The number of piperidine rings is 1. The highest BCUT2D eigenvalue weighted by Gasteiger charge is 2.44. The number of esters is 1. The third kappa shape index (κ3) is 6.04. The maximum Gasteiger partial charge on any atom is 0.331 e. The highest BCUT2D eigenvalue weighted by atomic mass is 16.5. The minimum absolute atomic E-state index is 0.0656. The number of carbonyl (C=O) groups excluding carboxylic acids is 1. The Morgan fingerprint density at radius 3 is 2.24 bits per heavy atom. The fourth-order valence-electron chi connectivity index (χ4n) is 7.51. The normalized spacial score (nSPS) is 24.5. The van der Waals surface area contributed by atoms with Crippen molar-refractivity contribution in [1.29, 1.82) is 0 Å². The highest BCUT2D eigenvalue weighted by molar-refractivity contribution is 5.80. The Labute approximate surface area is 241 Å². The number of nitrogens with zero attached hydrogens (tertiary/aromatic N) is 3. The zero-order valence-electron chi connectivity index (χ0n) is 23.8. The van der Waals surface area contributed by atoms with Crippen molar-refractivity contribution < 1.29 is 14.6 Å². The minimum Gasteiger partial charge on any atom is -0.459 e. The van der Waals surface area contributed by atoms with Crippen molar-refractivity contribution >= 4 is 22.8 Å². The molecule has 1 aliphatic carbocycles. The summed E-state index contributed by atoms with van der Waals surface area (Å²) in [6.45, 7) is -0.416. The number of para-hydroxylation sites is 2. The van der Waals surface area contributed by atoms with E-state index >= 15 is 0 Å². The quantitative estimate of drug-likeness (QED) is 0.367. The number of rotatable bonds is 8. The molecule has 1 saturated carbocycles. The maximum atomic E-state index is 14.0. The van der Waals surface area contributed by atoms with Gasteiger partial charge in [-0.1, -0.05) is 74.6 Å². The fourth-order valence-corrected chi connectivity index (χ4v) is 7.51. The first kappa shape index (κ1) is 27.9. The van der Waals surface area contributed by atoms with Crippen LogP contribution in [0.4, 0.5) is 5.82 Å². The lowest BCUT2D eigenvalue weighted by molar-refractivity contribution is -0.146. The molecule has 6 rings (SSSR count). The number of aromatic nitrogens is 2. The van der Waals surface area contributed by atoms with Crippen LogP contribution in [-0.2, 0) is 16.1 Å². The van der Waals surface area contributed by atoms with Crippen LogP contribution in [0.2, 0.25) is 0 Å². The molecule has 3 fully saturated rings. The number of aliphatic hydroxyl groups is 1. The van der Waals surface area contributed by atoms with Gasteiger partial charge in [0.2, 0.25) is 0 Å². The summed E-state index contributed by atoms with van der Waals surface area (Å²) >= 11 is 0. The lowest BCUT2D eigenvalue weighted by Gasteiger charge is -2.45. The molecule has 2 bridgehead atoms. The third-order valence-corrected chi connectivity index (χ3v) is 9.42. The van der Waals surface area contributed by atoms with Gasteiger partial charge in [0.25, 0.3) is 5.56 Å². The average Bonchev–Trinajstić information content (AvgIpc) is 3.23. The largest absolute Gasteiger partial charge is 0.459 e. The summed E-state index contributed by atoms with van der Waals surface area (Å²) in [6, 6.07) is 17.7. The number of ether oxygens (including phenoxy) is 1. The standard InChI is InChI=1S/C33H42N4O4/c38-21-29(33(40)41-22-23-11-5-4-6-12-23)35-31-32(39)37(30-16-10-9-15-28(30)34-31)27-19-25-17-18-26(20-27)36(25)24-13-7-2-1-3-8-14-24/h4-6,9-12,15-16,24-27,29,38H,1-3,7-8,13-14,17-22H2,(H,34,35)/t25-,26+,27?,29-/m1/s1. The number of hydrogen-bond donors (Lipinski definition) is 2. The molecule has 3 aromatic rings. The summed E-state index contributed by atoms with van der Waals surface area (Å²) < 4.78 is 7.36. The van der Waals surface area contributed by atoms with Crippen molar-refractivity contribution in [1.82, 2.24) is 14.5 Å². The highest BCUT2D eigenvalue weighted by Crippen LogP contribution is 2.44. The molecule has 0 radical (unpaired) electrons. The van der Waals surface area contributed by atoms with Gasteiger partial charge >= 0.3 is 5.97 Å². The van der Waals surface area contributed by atoms with Crippen molar-refractivity contribution in [2.75, 3.05) is 11.9 Å². The van der Waals surface area contributed by atoms with E-state index in [0.29, 0.717) is 23.6 Å². The molecule has 0 amide bonds. The lowest BCUT2D eigenvalue weighted by atomic mass is 9.89. The summed E-state index contributed by atoms with van der Waals surface area (Å²) in [7, 11) is 0. The van der Waals surface area contributed by atoms with E-state index in [-0.39, 0.29) is 24.0 Å². The van der Waals surface area contributed by atoms with Crippen LogP contribution in [0.15, 0.2) is 59.4 Å². The number of benzene rings is 2. The van der Waals surface area contributed by atoms with E-state index in [0.717, 1.165) is 23.9 Å². The van der Waals surface area contributed by atoms with Crippen LogP contribution in [0.3, 0.4) is 0 Å². The molecule has 2 N–H and O–H groups in total. The van der Waals surface area contributed by atoms with Gasteiger partial charge in [0, 0.05) is 24.2 Å². The molecule has 218 valence electrons. The van der Waals surface area contributed by atoms with Crippen LogP contribution in [-0.4, -0.2) is 56.3 Å². The Hall–Kier alpha value is -3.23. The Bertz CT molecular complexity index is 1370. The van der Waals surface area contributed by atoms with Gasteiger partial charge in [0.15, 0.2) is 5.82 Å².